The van der Waals surface area contributed by atoms with E-state index in [1.807, 2.05) is 54.6 Å². The van der Waals surface area contributed by atoms with E-state index in [4.69, 9.17) is 21.7 Å². The van der Waals surface area contributed by atoms with Crippen molar-refractivity contribution in [3.05, 3.63) is 126 Å². The fraction of sp³-hybridized carbons (Fsp3) is 0.161. The van der Waals surface area contributed by atoms with Crippen LogP contribution in [-0.4, -0.2) is 24.2 Å². The van der Waals surface area contributed by atoms with E-state index in [-0.39, 0.29) is 11.0 Å². The molecular formula is C31H30N2O3S. The third kappa shape index (κ3) is 8.47. The van der Waals surface area contributed by atoms with Crippen molar-refractivity contribution in [3.8, 4) is 11.5 Å². The van der Waals surface area contributed by atoms with E-state index < -0.39 is 0 Å². The van der Waals surface area contributed by atoms with Crippen LogP contribution in [0.2, 0.25) is 0 Å². The first-order chi connectivity index (χ1) is 18.2. The average Bonchev–Trinajstić information content (AvgIpc) is 2.93. The van der Waals surface area contributed by atoms with E-state index in [0.29, 0.717) is 24.5 Å². The van der Waals surface area contributed by atoms with Crippen LogP contribution >= 0.6 is 12.2 Å². The third-order valence-electron chi connectivity index (χ3n) is 5.68. The average molecular weight is 511 g/mol. The maximum Gasteiger partial charge on any atom is 0.261 e. The number of nitrogens with one attached hydrogen (secondary N) is 2. The number of para-hydroxylation sites is 1. The van der Waals surface area contributed by atoms with Gasteiger partial charge in [0.1, 0.15) is 11.5 Å². The number of aryl methyl sites for hydroxylation is 1. The summed E-state index contributed by atoms with van der Waals surface area (Å²) in [5, 5.41) is 5.99. The minimum atomic E-state index is -0.328. The zero-order valence-corrected chi connectivity index (χ0v) is 21.4. The lowest BCUT2D eigenvalue weighted by Crippen LogP contribution is -2.34. The molecule has 188 valence electrons. The molecule has 4 aromatic rings. The Labute approximate surface area is 223 Å². The zero-order valence-electron chi connectivity index (χ0n) is 20.6. The molecular weight excluding hydrogens is 480 g/mol. The van der Waals surface area contributed by atoms with E-state index >= 15 is 0 Å². The Balaban J connectivity index is 1.22. The summed E-state index contributed by atoms with van der Waals surface area (Å²) in [6, 6.07) is 35.1. The summed E-state index contributed by atoms with van der Waals surface area (Å²) < 4.78 is 11.7. The van der Waals surface area contributed by atoms with Crippen molar-refractivity contribution < 1.29 is 14.3 Å². The highest BCUT2D eigenvalue weighted by atomic mass is 32.1. The lowest BCUT2D eigenvalue weighted by atomic mass is 10.1. The van der Waals surface area contributed by atoms with Crippen LogP contribution < -0.4 is 20.1 Å². The number of amides is 1. The van der Waals surface area contributed by atoms with Gasteiger partial charge in [0.2, 0.25) is 0 Å². The van der Waals surface area contributed by atoms with Crippen molar-refractivity contribution in [2.24, 2.45) is 0 Å². The second kappa shape index (κ2) is 13.8. The van der Waals surface area contributed by atoms with Crippen LogP contribution in [0.5, 0.6) is 11.5 Å². The predicted octanol–water partition coefficient (Wildman–Crippen LogP) is 6.45. The lowest BCUT2D eigenvalue weighted by molar-refractivity contribution is 0.0974. The van der Waals surface area contributed by atoms with Gasteiger partial charge >= 0.3 is 0 Å². The van der Waals surface area contributed by atoms with E-state index in [2.05, 4.69) is 47.0 Å². The highest BCUT2D eigenvalue weighted by Gasteiger charge is 2.14. The molecule has 0 radical (unpaired) electrons. The molecule has 0 unspecified atom stereocenters. The lowest BCUT2D eigenvalue weighted by Gasteiger charge is -2.13. The number of benzene rings is 4. The van der Waals surface area contributed by atoms with Crippen molar-refractivity contribution >= 4 is 28.9 Å². The monoisotopic (exact) mass is 510 g/mol. The standard InChI is InChI=1S/C31H30N2O3S/c34-30(28-15-7-8-16-29(28)36-23-21-25-12-5-2-6-13-25)33-31(37)32-26-17-19-27(20-18-26)35-22-9-14-24-10-3-1-4-11-24/h1-8,10-13,15-20H,9,14,21-23H2,(H2,32,33,34,37). The number of ether oxygens (including phenoxy) is 2. The van der Waals surface area contributed by atoms with Crippen LogP contribution in [0.4, 0.5) is 5.69 Å². The molecule has 5 nitrogen and oxygen atoms in total. The first-order valence-electron chi connectivity index (χ1n) is 12.3. The number of anilines is 1. The van der Waals surface area contributed by atoms with Gasteiger partial charge in [0.25, 0.3) is 5.91 Å². The van der Waals surface area contributed by atoms with Gasteiger partial charge in [-0.05, 0) is 72.6 Å². The van der Waals surface area contributed by atoms with E-state index in [9.17, 15) is 4.79 Å². The van der Waals surface area contributed by atoms with E-state index in [1.165, 1.54) is 11.1 Å². The molecule has 2 N–H and O–H groups in total. The Morgan fingerprint density at radius 3 is 2.00 bits per heavy atom. The molecule has 0 aromatic heterocycles. The SMILES string of the molecule is O=C(NC(=S)Nc1ccc(OCCCc2ccccc2)cc1)c1ccccc1OCCc1ccccc1. The highest BCUT2D eigenvalue weighted by molar-refractivity contribution is 7.80. The quantitative estimate of drug-likeness (QED) is 0.179. The van der Waals surface area contributed by atoms with Gasteiger partial charge < -0.3 is 14.8 Å². The maximum absolute atomic E-state index is 12.9. The maximum atomic E-state index is 12.9. The first kappa shape index (κ1) is 25.9. The Bertz CT molecular complexity index is 1280. The second-order valence-corrected chi connectivity index (χ2v) is 8.86. The zero-order chi connectivity index (χ0) is 25.7. The molecule has 0 saturated carbocycles. The predicted molar refractivity (Wildman–Crippen MR) is 152 cm³/mol. The van der Waals surface area contributed by atoms with Gasteiger partial charge in [-0.15, -0.1) is 0 Å². The van der Waals surface area contributed by atoms with Crippen LogP contribution in [0.1, 0.15) is 27.9 Å². The number of thiocarbonyl (C=S) groups is 1. The number of hydrogen-bond acceptors (Lipinski definition) is 4. The summed E-state index contributed by atoms with van der Waals surface area (Å²) in [5.41, 5.74) is 3.68. The van der Waals surface area contributed by atoms with Crippen molar-refractivity contribution in [2.75, 3.05) is 18.5 Å². The molecule has 0 bridgehead atoms. The molecule has 1 amide bonds. The van der Waals surface area contributed by atoms with Crippen LogP contribution in [0.25, 0.3) is 0 Å². The van der Waals surface area contributed by atoms with E-state index in [0.717, 1.165) is 30.7 Å². The van der Waals surface area contributed by atoms with Gasteiger partial charge in [-0.3, -0.25) is 10.1 Å². The summed E-state index contributed by atoms with van der Waals surface area (Å²) in [4.78, 5) is 12.9. The normalized spacial score (nSPS) is 10.4. The number of carbonyl (C=O) groups excluding carboxylic acids is 1. The van der Waals surface area contributed by atoms with E-state index in [1.54, 1.807) is 18.2 Å². The molecule has 4 aromatic carbocycles. The summed E-state index contributed by atoms with van der Waals surface area (Å²) in [5.74, 6) is 0.980. The molecule has 0 aliphatic heterocycles. The summed E-state index contributed by atoms with van der Waals surface area (Å²) in [7, 11) is 0. The summed E-state index contributed by atoms with van der Waals surface area (Å²) in [6.45, 7) is 1.11. The summed E-state index contributed by atoms with van der Waals surface area (Å²) in [6.07, 6.45) is 2.68. The van der Waals surface area contributed by atoms with Gasteiger partial charge in [0, 0.05) is 12.1 Å². The Morgan fingerprint density at radius 2 is 1.30 bits per heavy atom. The first-order valence-corrected chi connectivity index (χ1v) is 12.7. The molecule has 0 atom stereocenters. The summed E-state index contributed by atoms with van der Waals surface area (Å²) >= 11 is 5.36. The molecule has 0 aliphatic carbocycles. The van der Waals surface area contributed by atoms with Crippen LogP contribution in [0, 0.1) is 0 Å². The Hall–Kier alpha value is -4.16. The van der Waals surface area contributed by atoms with Crippen LogP contribution in [0.15, 0.2) is 109 Å². The Kier molecular flexibility index (Phi) is 9.67. The van der Waals surface area contributed by atoms with Crippen molar-refractivity contribution in [1.82, 2.24) is 5.32 Å². The van der Waals surface area contributed by atoms with Crippen LogP contribution in [-0.2, 0) is 12.8 Å². The molecule has 0 aliphatic rings. The number of carbonyl (C=O) groups is 1. The Morgan fingerprint density at radius 1 is 0.676 bits per heavy atom. The van der Waals surface area contributed by atoms with Gasteiger partial charge in [-0.2, -0.15) is 0 Å². The fourth-order valence-electron chi connectivity index (χ4n) is 3.78. The largest absolute Gasteiger partial charge is 0.494 e. The fourth-order valence-corrected chi connectivity index (χ4v) is 3.99. The van der Waals surface area contributed by atoms with Crippen molar-refractivity contribution in [2.45, 2.75) is 19.3 Å². The van der Waals surface area contributed by atoms with Gasteiger partial charge in [0.05, 0.1) is 18.8 Å². The number of rotatable bonds is 11. The highest BCUT2D eigenvalue weighted by Crippen LogP contribution is 2.19. The third-order valence-corrected chi connectivity index (χ3v) is 5.89. The molecule has 6 heteroatoms. The van der Waals surface area contributed by atoms with Crippen molar-refractivity contribution in [1.29, 1.82) is 0 Å². The smallest absolute Gasteiger partial charge is 0.261 e. The number of hydrogen-bond donors (Lipinski definition) is 2. The van der Waals surface area contributed by atoms with Gasteiger partial charge in [0.15, 0.2) is 5.11 Å². The topological polar surface area (TPSA) is 59.6 Å². The van der Waals surface area contributed by atoms with Crippen LogP contribution in [0.3, 0.4) is 0 Å². The molecule has 0 fully saturated rings. The molecule has 0 heterocycles. The second-order valence-electron chi connectivity index (χ2n) is 8.45. The molecule has 4 rings (SSSR count). The van der Waals surface area contributed by atoms with Crippen molar-refractivity contribution in [3.63, 3.8) is 0 Å². The molecule has 0 saturated heterocycles. The minimum Gasteiger partial charge on any atom is -0.494 e. The van der Waals surface area contributed by atoms with Gasteiger partial charge in [-0.25, -0.2) is 0 Å². The van der Waals surface area contributed by atoms with Gasteiger partial charge in [-0.1, -0.05) is 72.8 Å². The minimum absolute atomic E-state index is 0.209. The molecule has 0 spiro atoms. The molecule has 37 heavy (non-hydrogen) atoms.